The van der Waals surface area contributed by atoms with Crippen molar-refractivity contribution in [2.24, 2.45) is 0 Å². The molecule has 0 unspecified atom stereocenters. The highest BCUT2D eigenvalue weighted by Gasteiger charge is 2.17. The molecule has 0 saturated carbocycles. The molecule has 1 N–H and O–H groups in total. The van der Waals surface area contributed by atoms with E-state index < -0.39 is 6.10 Å². The fraction of sp³-hybridized carbons (Fsp3) is 0.278. The minimum atomic E-state index is -0.424. The number of benzene rings is 2. The molecular weight excluding hydrogens is 294 g/mol. The van der Waals surface area contributed by atoms with Gasteiger partial charge < -0.3 is 19.5 Å². The minimum Gasteiger partial charge on any atom is -0.493 e. The van der Waals surface area contributed by atoms with E-state index in [2.05, 4.69) is 5.32 Å². The first-order valence-electron chi connectivity index (χ1n) is 7.32. The molecule has 0 spiro atoms. The molecule has 122 valence electrons. The topological polar surface area (TPSA) is 56.8 Å². The van der Waals surface area contributed by atoms with Crippen molar-refractivity contribution in [1.29, 1.82) is 0 Å². The third kappa shape index (κ3) is 4.64. The number of esters is 1. The number of carbonyl (C=O) groups excluding carboxylic acids is 1. The Labute approximate surface area is 136 Å². The fourth-order valence-electron chi connectivity index (χ4n) is 2.25. The van der Waals surface area contributed by atoms with Gasteiger partial charge in [-0.25, -0.2) is 0 Å². The standard InChI is InChI=1S/C18H21NO4/c1-13(20)23-18(12-19-15-7-5-4-6-8-15)14-9-10-16(21-2)17(11-14)22-3/h4-11,18-19H,12H2,1-3H3/t18-/m1/s1. The normalized spacial score (nSPS) is 11.4. The molecule has 0 fully saturated rings. The Hall–Kier alpha value is -2.69. The lowest BCUT2D eigenvalue weighted by molar-refractivity contribution is -0.146. The maximum atomic E-state index is 11.4. The number of carbonyl (C=O) groups is 1. The summed E-state index contributed by atoms with van der Waals surface area (Å²) in [5.74, 6) is 0.898. The van der Waals surface area contributed by atoms with Crippen LogP contribution >= 0.6 is 0 Å². The second-order valence-electron chi connectivity index (χ2n) is 4.96. The van der Waals surface area contributed by atoms with Crippen LogP contribution in [0.5, 0.6) is 11.5 Å². The molecule has 1 atom stereocenters. The molecule has 0 bridgehead atoms. The van der Waals surface area contributed by atoms with E-state index in [0.29, 0.717) is 18.0 Å². The van der Waals surface area contributed by atoms with Gasteiger partial charge in [-0.05, 0) is 29.8 Å². The molecule has 0 aliphatic carbocycles. The highest BCUT2D eigenvalue weighted by Crippen LogP contribution is 2.31. The van der Waals surface area contributed by atoms with Crippen molar-refractivity contribution in [1.82, 2.24) is 0 Å². The van der Waals surface area contributed by atoms with Crippen molar-refractivity contribution < 1.29 is 19.0 Å². The molecule has 5 nitrogen and oxygen atoms in total. The Bertz CT molecular complexity index is 643. The molecule has 0 aliphatic rings. The maximum absolute atomic E-state index is 11.4. The second kappa shape index (κ2) is 8.08. The van der Waals surface area contributed by atoms with Crippen molar-refractivity contribution in [3.63, 3.8) is 0 Å². The predicted molar refractivity (Wildman–Crippen MR) is 89.0 cm³/mol. The van der Waals surface area contributed by atoms with Gasteiger partial charge in [0, 0.05) is 12.6 Å². The molecule has 23 heavy (non-hydrogen) atoms. The summed E-state index contributed by atoms with van der Waals surface area (Å²) in [4.78, 5) is 11.4. The summed E-state index contributed by atoms with van der Waals surface area (Å²) in [7, 11) is 3.16. The Balaban J connectivity index is 2.18. The molecule has 2 rings (SSSR count). The van der Waals surface area contributed by atoms with Crippen LogP contribution in [0.4, 0.5) is 5.69 Å². The second-order valence-corrected chi connectivity index (χ2v) is 4.96. The van der Waals surface area contributed by atoms with E-state index in [9.17, 15) is 4.79 Å². The van der Waals surface area contributed by atoms with Crippen LogP contribution in [0.3, 0.4) is 0 Å². The molecule has 2 aromatic carbocycles. The molecule has 0 radical (unpaired) electrons. The lowest BCUT2D eigenvalue weighted by Crippen LogP contribution is -2.18. The number of hydrogen-bond acceptors (Lipinski definition) is 5. The van der Waals surface area contributed by atoms with Gasteiger partial charge in [-0.3, -0.25) is 4.79 Å². The Morgan fingerprint density at radius 3 is 2.35 bits per heavy atom. The largest absolute Gasteiger partial charge is 0.493 e. The van der Waals surface area contributed by atoms with E-state index in [1.54, 1.807) is 20.3 Å². The molecule has 5 heteroatoms. The summed E-state index contributed by atoms with van der Waals surface area (Å²) in [6.45, 7) is 1.86. The number of para-hydroxylation sites is 1. The fourth-order valence-corrected chi connectivity index (χ4v) is 2.25. The first kappa shape index (κ1) is 16.7. The molecule has 0 heterocycles. The summed E-state index contributed by atoms with van der Waals surface area (Å²) in [5.41, 5.74) is 1.80. The average Bonchev–Trinajstić information content (AvgIpc) is 2.58. The van der Waals surface area contributed by atoms with Crippen LogP contribution < -0.4 is 14.8 Å². The van der Waals surface area contributed by atoms with E-state index in [1.807, 2.05) is 42.5 Å². The minimum absolute atomic E-state index is 0.334. The third-order valence-electron chi connectivity index (χ3n) is 3.35. The highest BCUT2D eigenvalue weighted by molar-refractivity contribution is 5.66. The maximum Gasteiger partial charge on any atom is 0.303 e. The smallest absolute Gasteiger partial charge is 0.303 e. The predicted octanol–water partition coefficient (Wildman–Crippen LogP) is 3.42. The van der Waals surface area contributed by atoms with Crippen molar-refractivity contribution in [2.45, 2.75) is 13.0 Å². The van der Waals surface area contributed by atoms with Crippen LogP contribution in [0.15, 0.2) is 48.5 Å². The summed E-state index contributed by atoms with van der Waals surface area (Å²) in [6.07, 6.45) is -0.424. The Morgan fingerprint density at radius 2 is 1.74 bits per heavy atom. The van der Waals surface area contributed by atoms with Crippen LogP contribution in [-0.2, 0) is 9.53 Å². The van der Waals surface area contributed by atoms with E-state index in [4.69, 9.17) is 14.2 Å². The number of methoxy groups -OCH3 is 2. The van der Waals surface area contributed by atoms with Gasteiger partial charge in [0.2, 0.25) is 0 Å². The van der Waals surface area contributed by atoms with Crippen LogP contribution in [0, 0.1) is 0 Å². The van der Waals surface area contributed by atoms with Crippen LogP contribution in [0.2, 0.25) is 0 Å². The SMILES string of the molecule is COc1ccc([C@@H](CNc2ccccc2)OC(C)=O)cc1OC. The first-order valence-corrected chi connectivity index (χ1v) is 7.32. The molecule has 2 aromatic rings. The molecule has 0 amide bonds. The van der Waals surface area contributed by atoms with Gasteiger partial charge in [0.25, 0.3) is 0 Å². The molecule has 0 saturated heterocycles. The number of ether oxygens (including phenoxy) is 3. The van der Waals surface area contributed by atoms with Crippen molar-refractivity contribution in [3.8, 4) is 11.5 Å². The number of nitrogens with one attached hydrogen (secondary N) is 1. The number of rotatable bonds is 7. The summed E-state index contributed by atoms with van der Waals surface area (Å²) in [6, 6.07) is 15.2. The van der Waals surface area contributed by atoms with Crippen molar-refractivity contribution in [2.75, 3.05) is 26.1 Å². The van der Waals surface area contributed by atoms with Gasteiger partial charge in [0.15, 0.2) is 11.5 Å². The molecule has 0 aliphatic heterocycles. The van der Waals surface area contributed by atoms with Crippen LogP contribution in [0.25, 0.3) is 0 Å². The van der Waals surface area contributed by atoms with Crippen molar-refractivity contribution >= 4 is 11.7 Å². The molecular formula is C18H21NO4. The summed E-state index contributed by atoms with van der Waals surface area (Å²) < 4.78 is 16.0. The Kier molecular flexibility index (Phi) is 5.86. The third-order valence-corrected chi connectivity index (χ3v) is 3.35. The van der Waals surface area contributed by atoms with E-state index in [0.717, 1.165) is 11.3 Å². The van der Waals surface area contributed by atoms with E-state index in [-0.39, 0.29) is 5.97 Å². The number of anilines is 1. The van der Waals surface area contributed by atoms with E-state index in [1.165, 1.54) is 6.92 Å². The van der Waals surface area contributed by atoms with Crippen LogP contribution in [-0.4, -0.2) is 26.7 Å². The molecule has 0 aromatic heterocycles. The lowest BCUT2D eigenvalue weighted by Gasteiger charge is -2.20. The van der Waals surface area contributed by atoms with Crippen molar-refractivity contribution in [3.05, 3.63) is 54.1 Å². The zero-order valence-electron chi connectivity index (χ0n) is 13.5. The number of hydrogen-bond donors (Lipinski definition) is 1. The van der Waals surface area contributed by atoms with Gasteiger partial charge in [-0.2, -0.15) is 0 Å². The zero-order valence-corrected chi connectivity index (χ0v) is 13.5. The summed E-state index contributed by atoms with van der Waals surface area (Å²) >= 11 is 0. The first-order chi connectivity index (χ1) is 11.1. The van der Waals surface area contributed by atoms with Gasteiger partial charge in [-0.1, -0.05) is 24.3 Å². The van der Waals surface area contributed by atoms with Gasteiger partial charge >= 0.3 is 5.97 Å². The van der Waals surface area contributed by atoms with Gasteiger partial charge in [-0.15, -0.1) is 0 Å². The highest BCUT2D eigenvalue weighted by atomic mass is 16.5. The van der Waals surface area contributed by atoms with Gasteiger partial charge in [0.05, 0.1) is 20.8 Å². The summed E-state index contributed by atoms with van der Waals surface area (Å²) in [5, 5.41) is 3.27. The monoisotopic (exact) mass is 315 g/mol. The van der Waals surface area contributed by atoms with E-state index >= 15 is 0 Å². The average molecular weight is 315 g/mol. The zero-order chi connectivity index (χ0) is 16.7. The Morgan fingerprint density at radius 1 is 1.04 bits per heavy atom. The van der Waals surface area contributed by atoms with Gasteiger partial charge in [0.1, 0.15) is 6.10 Å². The van der Waals surface area contributed by atoms with Crippen LogP contribution in [0.1, 0.15) is 18.6 Å². The lowest BCUT2D eigenvalue weighted by atomic mass is 10.1. The quantitative estimate of drug-likeness (QED) is 0.793.